The number of hydrogen-bond acceptors (Lipinski definition) is 2. The molecule has 28 heavy (non-hydrogen) atoms. The molecule has 0 saturated carbocycles. The third-order valence-corrected chi connectivity index (χ3v) is 4.77. The van der Waals surface area contributed by atoms with E-state index in [1.54, 1.807) is 30.5 Å². The molecule has 0 aliphatic rings. The van der Waals surface area contributed by atoms with Gasteiger partial charge in [-0.2, -0.15) is 5.10 Å². The summed E-state index contributed by atoms with van der Waals surface area (Å²) >= 11 is 5.92. The maximum absolute atomic E-state index is 12.0. The van der Waals surface area contributed by atoms with Crippen LogP contribution in [0.5, 0.6) is 0 Å². The third-order valence-electron chi connectivity index (χ3n) is 4.54. The van der Waals surface area contributed by atoms with Crippen LogP contribution in [-0.4, -0.2) is 16.8 Å². The second-order valence-corrected chi connectivity index (χ2v) is 6.92. The van der Waals surface area contributed by atoms with E-state index < -0.39 is 6.03 Å². The van der Waals surface area contributed by atoms with Gasteiger partial charge in [0.25, 0.3) is 0 Å². The lowest BCUT2D eigenvalue weighted by Crippen LogP contribution is -2.24. The Balaban J connectivity index is 1.74. The van der Waals surface area contributed by atoms with Crippen LogP contribution in [0.1, 0.15) is 29.4 Å². The van der Waals surface area contributed by atoms with E-state index in [9.17, 15) is 4.79 Å². The smallest absolute Gasteiger partial charge is 0.318 e. The molecule has 2 amide bonds. The molecule has 3 rings (SSSR count). The van der Waals surface area contributed by atoms with E-state index in [0.29, 0.717) is 10.7 Å². The van der Waals surface area contributed by atoms with Gasteiger partial charge in [-0.3, -0.25) is 0 Å². The predicted octanol–water partition coefficient (Wildman–Crippen LogP) is 5.47. The molecule has 1 aromatic heterocycles. The number of urea groups is 1. The van der Waals surface area contributed by atoms with E-state index in [1.165, 1.54) is 11.3 Å². The first-order valence-corrected chi connectivity index (χ1v) is 9.50. The van der Waals surface area contributed by atoms with Crippen LogP contribution in [0.4, 0.5) is 10.5 Å². The number of nitrogens with zero attached hydrogens (tertiary/aromatic N) is 2. The van der Waals surface area contributed by atoms with Crippen molar-refractivity contribution < 1.29 is 4.79 Å². The van der Waals surface area contributed by atoms with Gasteiger partial charge < -0.3 is 9.88 Å². The van der Waals surface area contributed by atoms with Crippen LogP contribution in [0.25, 0.3) is 5.69 Å². The highest BCUT2D eigenvalue weighted by Gasteiger charge is 2.11. The molecular weight excluding hydrogens is 372 g/mol. The largest absolute Gasteiger partial charge is 0.339 e. The Morgan fingerprint density at radius 1 is 1.14 bits per heavy atom. The van der Waals surface area contributed by atoms with Crippen molar-refractivity contribution in [2.24, 2.45) is 5.10 Å². The topological polar surface area (TPSA) is 58.4 Å². The molecule has 3 aromatic rings. The summed E-state index contributed by atoms with van der Waals surface area (Å²) in [5.74, 6) is 0. The number of anilines is 1. The molecule has 0 spiro atoms. The number of aromatic nitrogens is 1. The lowest BCUT2D eigenvalue weighted by atomic mass is 10.1. The Bertz CT molecular complexity index is 1020. The van der Waals surface area contributed by atoms with Gasteiger partial charge in [0, 0.05) is 33.3 Å². The number of carbonyl (C=O) groups excluding carboxylic acids is 1. The van der Waals surface area contributed by atoms with Gasteiger partial charge in [0.05, 0.1) is 6.21 Å². The summed E-state index contributed by atoms with van der Waals surface area (Å²) in [7, 11) is 0. The highest BCUT2D eigenvalue weighted by atomic mass is 35.5. The van der Waals surface area contributed by atoms with Crippen molar-refractivity contribution in [2.45, 2.75) is 27.2 Å². The van der Waals surface area contributed by atoms with Crippen LogP contribution < -0.4 is 10.7 Å². The minimum atomic E-state index is -0.427. The number of amides is 2. The van der Waals surface area contributed by atoms with Crippen LogP contribution in [-0.2, 0) is 6.42 Å². The molecule has 5 nitrogen and oxygen atoms in total. The van der Waals surface area contributed by atoms with Crippen molar-refractivity contribution in [1.82, 2.24) is 9.99 Å². The zero-order valence-electron chi connectivity index (χ0n) is 16.2. The molecule has 2 aromatic carbocycles. The molecule has 0 fully saturated rings. The minimum absolute atomic E-state index is 0.427. The van der Waals surface area contributed by atoms with Crippen molar-refractivity contribution in [1.29, 1.82) is 0 Å². The Morgan fingerprint density at radius 2 is 1.93 bits per heavy atom. The number of rotatable bonds is 5. The molecule has 0 unspecified atom stereocenters. The van der Waals surface area contributed by atoms with Gasteiger partial charge >= 0.3 is 6.03 Å². The minimum Gasteiger partial charge on any atom is -0.318 e. The number of carbonyl (C=O) groups is 1. The summed E-state index contributed by atoms with van der Waals surface area (Å²) in [6.45, 7) is 6.26. The molecule has 0 radical (unpaired) electrons. The van der Waals surface area contributed by atoms with E-state index >= 15 is 0 Å². The summed E-state index contributed by atoms with van der Waals surface area (Å²) in [4.78, 5) is 12.0. The van der Waals surface area contributed by atoms with Crippen molar-refractivity contribution in [3.05, 3.63) is 82.1 Å². The van der Waals surface area contributed by atoms with Crippen molar-refractivity contribution in [2.75, 3.05) is 5.32 Å². The summed E-state index contributed by atoms with van der Waals surface area (Å²) in [5.41, 5.74) is 8.68. The van der Waals surface area contributed by atoms with Crippen molar-refractivity contribution in [3.63, 3.8) is 0 Å². The van der Waals surface area contributed by atoms with Gasteiger partial charge in [0.2, 0.25) is 0 Å². The van der Waals surface area contributed by atoms with Crippen LogP contribution in [0, 0.1) is 13.8 Å². The lowest BCUT2D eigenvalue weighted by molar-refractivity contribution is 0.252. The maximum atomic E-state index is 12.0. The second kappa shape index (κ2) is 8.76. The van der Waals surface area contributed by atoms with E-state index in [2.05, 4.69) is 58.5 Å². The Kier molecular flexibility index (Phi) is 6.16. The highest BCUT2D eigenvalue weighted by molar-refractivity contribution is 6.30. The Labute approximate surface area is 170 Å². The second-order valence-electron chi connectivity index (χ2n) is 6.48. The number of benzene rings is 2. The quantitative estimate of drug-likeness (QED) is 0.437. The average Bonchev–Trinajstić information content (AvgIpc) is 2.95. The maximum Gasteiger partial charge on any atom is 0.339 e. The zero-order valence-corrected chi connectivity index (χ0v) is 16.9. The van der Waals surface area contributed by atoms with Gasteiger partial charge in [-0.15, -0.1) is 0 Å². The van der Waals surface area contributed by atoms with E-state index in [4.69, 9.17) is 11.6 Å². The van der Waals surface area contributed by atoms with Gasteiger partial charge in [-0.1, -0.05) is 42.8 Å². The molecule has 0 aliphatic heterocycles. The highest BCUT2D eigenvalue weighted by Crippen LogP contribution is 2.23. The van der Waals surface area contributed by atoms with E-state index in [1.807, 2.05) is 13.0 Å². The molecule has 1 heterocycles. The normalized spacial score (nSPS) is 11.0. The third kappa shape index (κ3) is 4.43. The number of halogens is 1. The first-order valence-electron chi connectivity index (χ1n) is 9.12. The summed E-state index contributed by atoms with van der Waals surface area (Å²) in [6.07, 6.45) is 2.62. The zero-order chi connectivity index (χ0) is 20.1. The van der Waals surface area contributed by atoms with Gasteiger partial charge in [-0.05, 0) is 56.2 Å². The van der Waals surface area contributed by atoms with Gasteiger partial charge in [-0.25, -0.2) is 10.2 Å². The van der Waals surface area contributed by atoms with Crippen molar-refractivity contribution in [3.8, 4) is 5.69 Å². The fraction of sp³-hybridized carbons (Fsp3) is 0.182. The lowest BCUT2D eigenvalue weighted by Gasteiger charge is -2.13. The SMILES string of the molecule is CCc1ccccc1-n1c(C)cc(/C=N/NC(=O)Nc2cccc(Cl)c2)c1C. The molecule has 0 atom stereocenters. The van der Waals surface area contributed by atoms with Crippen LogP contribution in [0.2, 0.25) is 5.02 Å². The summed E-state index contributed by atoms with van der Waals surface area (Å²) in [5, 5.41) is 7.32. The monoisotopic (exact) mass is 394 g/mol. The number of hydrazone groups is 1. The number of nitrogens with one attached hydrogen (secondary N) is 2. The molecule has 0 saturated heterocycles. The van der Waals surface area contributed by atoms with E-state index in [-0.39, 0.29) is 0 Å². The fourth-order valence-electron chi connectivity index (χ4n) is 3.20. The van der Waals surface area contributed by atoms with Crippen molar-refractivity contribution >= 4 is 29.5 Å². The summed E-state index contributed by atoms with van der Waals surface area (Å²) in [6, 6.07) is 16.9. The average molecular weight is 395 g/mol. The van der Waals surface area contributed by atoms with Gasteiger partial charge in [0.15, 0.2) is 0 Å². The van der Waals surface area contributed by atoms with Crippen LogP contribution >= 0.6 is 11.6 Å². The standard InChI is InChI=1S/C22H23ClN4O/c1-4-17-8-5-6-11-21(17)27-15(2)12-18(16(27)3)14-24-26-22(28)25-20-10-7-9-19(23)13-20/h5-14H,4H2,1-3H3,(H2,25,26,28)/b24-14+. The molecule has 2 N–H and O–H groups in total. The fourth-order valence-corrected chi connectivity index (χ4v) is 3.39. The number of hydrogen-bond donors (Lipinski definition) is 2. The van der Waals surface area contributed by atoms with E-state index in [0.717, 1.165) is 23.4 Å². The molecular formula is C22H23ClN4O. The number of para-hydroxylation sites is 1. The Hall–Kier alpha value is -3.05. The van der Waals surface area contributed by atoms with Gasteiger partial charge in [0.1, 0.15) is 0 Å². The van der Waals surface area contributed by atoms with Crippen LogP contribution in [0.3, 0.4) is 0 Å². The first-order chi connectivity index (χ1) is 13.5. The molecule has 6 heteroatoms. The van der Waals surface area contributed by atoms with Crippen LogP contribution in [0.15, 0.2) is 59.7 Å². The molecule has 0 aliphatic carbocycles. The molecule has 144 valence electrons. The first kappa shape index (κ1) is 19.7. The number of aryl methyl sites for hydroxylation is 2. The predicted molar refractivity (Wildman–Crippen MR) is 116 cm³/mol. The molecule has 0 bridgehead atoms. The summed E-state index contributed by atoms with van der Waals surface area (Å²) < 4.78 is 2.21. The Morgan fingerprint density at radius 3 is 2.68 bits per heavy atom.